The van der Waals surface area contributed by atoms with Crippen LogP contribution in [0.1, 0.15) is 18.4 Å². The molecule has 2 N–H and O–H groups in total. The first kappa shape index (κ1) is 26.4. The number of methoxy groups -OCH3 is 1. The highest BCUT2D eigenvalue weighted by Gasteiger charge is 2.33. The van der Waals surface area contributed by atoms with Gasteiger partial charge >= 0.3 is 0 Å². The van der Waals surface area contributed by atoms with Crippen LogP contribution in [0.4, 0.5) is 0 Å². The molecule has 0 aliphatic carbocycles. The third-order valence-corrected chi connectivity index (χ3v) is 9.20. The minimum atomic E-state index is -3.83. The van der Waals surface area contributed by atoms with Gasteiger partial charge in [-0.15, -0.1) is 0 Å². The number of piperidine rings is 1. The van der Waals surface area contributed by atoms with Gasteiger partial charge < -0.3 is 10.1 Å². The molecule has 1 amide bonds. The molecule has 0 bridgehead atoms. The second-order valence-electron chi connectivity index (χ2n) is 8.00. The van der Waals surface area contributed by atoms with E-state index in [2.05, 4.69) is 10.0 Å². The Bertz CT molecular complexity index is 1230. The summed E-state index contributed by atoms with van der Waals surface area (Å²) in [5, 5.41) is 2.88. The molecular weight excluding hydrogens is 502 g/mol. The van der Waals surface area contributed by atoms with E-state index in [1.807, 2.05) is 6.92 Å². The van der Waals surface area contributed by atoms with Gasteiger partial charge in [-0.3, -0.25) is 4.79 Å². The number of nitrogens with one attached hydrogen (secondary N) is 2. The Morgan fingerprint density at radius 1 is 1.09 bits per heavy atom. The molecule has 186 valence electrons. The van der Waals surface area contributed by atoms with Crippen LogP contribution in [0.15, 0.2) is 52.3 Å². The van der Waals surface area contributed by atoms with E-state index in [1.165, 1.54) is 41.7 Å². The van der Waals surface area contributed by atoms with E-state index in [1.54, 1.807) is 12.1 Å². The van der Waals surface area contributed by atoms with Gasteiger partial charge in [0.1, 0.15) is 5.75 Å². The average molecular weight is 530 g/mol. The van der Waals surface area contributed by atoms with E-state index in [0.717, 1.165) is 5.56 Å². The predicted molar refractivity (Wildman–Crippen MR) is 129 cm³/mol. The van der Waals surface area contributed by atoms with Crippen molar-refractivity contribution in [2.45, 2.75) is 29.6 Å². The summed E-state index contributed by atoms with van der Waals surface area (Å²) in [7, 11) is -6.07. The number of carbonyl (C=O) groups excluding carboxylic acids is 1. The van der Waals surface area contributed by atoms with Crippen LogP contribution < -0.4 is 14.8 Å². The zero-order chi connectivity index (χ0) is 24.9. The van der Waals surface area contributed by atoms with Gasteiger partial charge in [0.25, 0.3) is 0 Å². The number of nitrogens with zero attached hydrogens (tertiary/aromatic N) is 1. The second-order valence-corrected chi connectivity index (χ2v) is 12.1. The Balaban J connectivity index is 1.55. The molecule has 34 heavy (non-hydrogen) atoms. The highest BCUT2D eigenvalue weighted by atomic mass is 35.5. The Morgan fingerprint density at radius 2 is 1.76 bits per heavy atom. The maximum absolute atomic E-state index is 13.1. The smallest absolute Gasteiger partial charge is 0.243 e. The number of ether oxygens (including phenoxy) is 1. The maximum atomic E-state index is 13.1. The summed E-state index contributed by atoms with van der Waals surface area (Å²) in [6.45, 7) is 2.30. The van der Waals surface area contributed by atoms with Gasteiger partial charge in [-0.05, 0) is 50.1 Å². The molecule has 1 heterocycles. The summed E-state index contributed by atoms with van der Waals surface area (Å²) in [5.74, 6) is -0.484. The quantitative estimate of drug-likeness (QED) is 0.480. The fraction of sp³-hybridized carbons (Fsp3) is 0.409. The number of aryl methyl sites for hydroxylation is 1. The molecule has 3 rings (SSSR count). The van der Waals surface area contributed by atoms with Gasteiger partial charge in [0.2, 0.25) is 26.0 Å². The highest BCUT2D eigenvalue weighted by molar-refractivity contribution is 7.89. The molecule has 0 saturated carbocycles. The summed E-state index contributed by atoms with van der Waals surface area (Å²) in [4.78, 5) is 12.8. The fourth-order valence-corrected chi connectivity index (χ4v) is 6.55. The van der Waals surface area contributed by atoms with Crippen LogP contribution in [0.5, 0.6) is 5.75 Å². The van der Waals surface area contributed by atoms with Gasteiger partial charge in [-0.1, -0.05) is 29.3 Å². The average Bonchev–Trinajstić information content (AvgIpc) is 2.82. The van der Waals surface area contributed by atoms with E-state index in [9.17, 15) is 21.6 Å². The molecule has 2 aromatic carbocycles. The lowest BCUT2D eigenvalue weighted by Gasteiger charge is -2.31. The predicted octanol–water partition coefficient (Wildman–Crippen LogP) is 2.15. The largest absolute Gasteiger partial charge is 0.495 e. The molecule has 2 aromatic rings. The monoisotopic (exact) mass is 529 g/mol. The normalized spacial score (nSPS) is 17.3. The number of benzene rings is 2. The van der Waals surface area contributed by atoms with Crippen molar-refractivity contribution in [3.8, 4) is 5.75 Å². The van der Waals surface area contributed by atoms with Crippen LogP contribution in [0.25, 0.3) is 0 Å². The molecular formula is C22H28ClN3O6S2. The fourth-order valence-electron chi connectivity index (χ4n) is 3.65. The van der Waals surface area contributed by atoms with Crippen molar-refractivity contribution < 1.29 is 26.4 Å². The number of halogens is 1. The van der Waals surface area contributed by atoms with Crippen LogP contribution in [0, 0.1) is 12.8 Å². The molecule has 1 atom stereocenters. The van der Waals surface area contributed by atoms with Crippen molar-refractivity contribution in [3.63, 3.8) is 0 Å². The van der Waals surface area contributed by atoms with Gasteiger partial charge in [-0.25, -0.2) is 21.6 Å². The first-order valence-corrected chi connectivity index (χ1v) is 14.0. The van der Waals surface area contributed by atoms with E-state index in [4.69, 9.17) is 16.3 Å². The number of carbonyl (C=O) groups is 1. The molecule has 1 saturated heterocycles. The van der Waals surface area contributed by atoms with E-state index < -0.39 is 26.0 Å². The minimum absolute atomic E-state index is 0.0149. The Labute approximate surface area is 205 Å². The third kappa shape index (κ3) is 6.28. The molecule has 1 aliphatic rings. The number of hydrogen-bond donors (Lipinski definition) is 2. The lowest BCUT2D eigenvalue weighted by Crippen LogP contribution is -2.46. The molecule has 9 nitrogen and oxygen atoms in total. The summed E-state index contributed by atoms with van der Waals surface area (Å²) in [6, 6.07) is 10.7. The number of hydrogen-bond acceptors (Lipinski definition) is 6. The highest BCUT2D eigenvalue weighted by Crippen LogP contribution is 2.30. The lowest BCUT2D eigenvalue weighted by atomic mass is 9.99. The van der Waals surface area contributed by atoms with Crippen molar-refractivity contribution in [1.82, 2.24) is 14.3 Å². The molecule has 0 spiro atoms. The van der Waals surface area contributed by atoms with Gasteiger partial charge in [0, 0.05) is 26.2 Å². The van der Waals surface area contributed by atoms with Crippen molar-refractivity contribution in [2.75, 3.05) is 33.3 Å². The third-order valence-electron chi connectivity index (χ3n) is 5.56. The summed E-state index contributed by atoms with van der Waals surface area (Å²) in [6.07, 6.45) is 1.07. The summed E-state index contributed by atoms with van der Waals surface area (Å²) in [5.41, 5.74) is 0.949. The van der Waals surface area contributed by atoms with E-state index in [-0.39, 0.29) is 40.4 Å². The first-order valence-electron chi connectivity index (χ1n) is 10.7. The molecule has 1 fully saturated rings. The van der Waals surface area contributed by atoms with Crippen LogP contribution in [-0.4, -0.2) is 60.3 Å². The van der Waals surface area contributed by atoms with Crippen molar-refractivity contribution >= 4 is 37.6 Å². The Kier molecular flexibility index (Phi) is 8.58. The SMILES string of the molecule is COc1ccc(S(=O)(=O)N2CCCC(C(=O)NCCNS(=O)(=O)c3ccc(C)cc3)C2)cc1Cl. The zero-order valence-electron chi connectivity index (χ0n) is 19.0. The van der Waals surface area contributed by atoms with Gasteiger partial charge in [-0.2, -0.15) is 4.31 Å². The first-order chi connectivity index (χ1) is 16.0. The van der Waals surface area contributed by atoms with E-state index >= 15 is 0 Å². The topological polar surface area (TPSA) is 122 Å². The molecule has 12 heteroatoms. The number of sulfonamides is 2. The summed E-state index contributed by atoms with van der Waals surface area (Å²) >= 11 is 6.08. The van der Waals surface area contributed by atoms with Gasteiger partial charge in [0.15, 0.2) is 0 Å². The zero-order valence-corrected chi connectivity index (χ0v) is 21.3. The Hall–Kier alpha value is -2.18. The van der Waals surface area contributed by atoms with Gasteiger partial charge in [0.05, 0.1) is 27.8 Å². The van der Waals surface area contributed by atoms with Crippen LogP contribution >= 0.6 is 11.6 Å². The molecule has 1 unspecified atom stereocenters. The van der Waals surface area contributed by atoms with Crippen LogP contribution in [-0.2, 0) is 24.8 Å². The standard InChI is InChI=1S/C22H28ClN3O6S2/c1-16-5-7-18(8-6-16)33(28,29)25-12-11-24-22(27)17-4-3-13-26(15-17)34(30,31)19-9-10-21(32-2)20(23)14-19/h5-10,14,17,25H,3-4,11-13,15H2,1-2H3,(H,24,27). The molecule has 1 aliphatic heterocycles. The molecule has 0 radical (unpaired) electrons. The second kappa shape index (κ2) is 11.0. The van der Waals surface area contributed by atoms with Crippen molar-refractivity contribution in [2.24, 2.45) is 5.92 Å². The lowest BCUT2D eigenvalue weighted by molar-refractivity contribution is -0.126. The summed E-state index contributed by atoms with van der Waals surface area (Å²) < 4.78 is 59.6. The minimum Gasteiger partial charge on any atom is -0.495 e. The van der Waals surface area contributed by atoms with Crippen molar-refractivity contribution in [3.05, 3.63) is 53.1 Å². The van der Waals surface area contributed by atoms with Crippen LogP contribution in [0.2, 0.25) is 5.02 Å². The number of rotatable bonds is 9. The van der Waals surface area contributed by atoms with Crippen molar-refractivity contribution in [1.29, 1.82) is 0 Å². The maximum Gasteiger partial charge on any atom is 0.243 e. The van der Waals surface area contributed by atoms with Crippen LogP contribution in [0.3, 0.4) is 0 Å². The molecule has 0 aromatic heterocycles. The van der Waals surface area contributed by atoms with E-state index in [0.29, 0.717) is 25.1 Å². The number of amides is 1. The Morgan fingerprint density at radius 3 is 2.41 bits per heavy atom.